The fraction of sp³-hybridized carbons (Fsp3) is 0.400. The summed E-state index contributed by atoms with van der Waals surface area (Å²) >= 11 is 0. The minimum atomic E-state index is -0.401. The second-order valence-electron chi connectivity index (χ2n) is 5.77. The van der Waals surface area contributed by atoms with Crippen molar-refractivity contribution < 1.29 is 23.7 Å². The molecular formula is C20H24BNO5. The topological polar surface area (TPSA) is 66.9 Å². The quantitative estimate of drug-likeness (QED) is 0.473. The first-order chi connectivity index (χ1) is 13.0. The highest BCUT2D eigenvalue weighted by Crippen LogP contribution is 2.27. The first-order valence-electron chi connectivity index (χ1n) is 8.89. The van der Waals surface area contributed by atoms with Crippen LogP contribution in [0.2, 0.25) is 0 Å². The Balaban J connectivity index is 2.08. The van der Waals surface area contributed by atoms with Crippen molar-refractivity contribution in [2.75, 3.05) is 26.4 Å². The van der Waals surface area contributed by atoms with Crippen LogP contribution in [-0.4, -0.2) is 45.2 Å². The number of nitrogens with zero attached hydrogens (tertiary/aromatic N) is 1. The number of rotatable bonds is 10. The van der Waals surface area contributed by atoms with Crippen molar-refractivity contribution in [3.05, 3.63) is 47.7 Å². The molecule has 0 saturated heterocycles. The highest BCUT2D eigenvalue weighted by molar-refractivity contribution is 6.30. The van der Waals surface area contributed by atoms with Gasteiger partial charge in [-0.25, -0.2) is 4.79 Å². The van der Waals surface area contributed by atoms with E-state index in [1.165, 1.54) is 0 Å². The fourth-order valence-corrected chi connectivity index (χ4v) is 2.41. The SMILES string of the molecule is [B]c1cccc([C@H](COCC)Oc2ccc(OCC(=O)OCC)c(C)c2)n1. The maximum Gasteiger partial charge on any atom is 0.344 e. The number of hydrogen-bond acceptors (Lipinski definition) is 6. The Labute approximate surface area is 161 Å². The Kier molecular flexibility index (Phi) is 8.14. The Hall–Kier alpha value is -2.54. The van der Waals surface area contributed by atoms with Crippen molar-refractivity contribution in [2.24, 2.45) is 0 Å². The second kappa shape index (κ2) is 10.6. The molecule has 1 aromatic heterocycles. The minimum absolute atomic E-state index is 0.130. The lowest BCUT2D eigenvalue weighted by Crippen LogP contribution is -2.20. The van der Waals surface area contributed by atoms with Crippen LogP contribution in [0.5, 0.6) is 11.5 Å². The third kappa shape index (κ3) is 6.60. The molecule has 0 fully saturated rings. The first-order valence-corrected chi connectivity index (χ1v) is 8.89. The van der Waals surface area contributed by atoms with Gasteiger partial charge in [-0.3, -0.25) is 4.98 Å². The molecule has 0 bridgehead atoms. The van der Waals surface area contributed by atoms with Crippen LogP contribution in [0.25, 0.3) is 0 Å². The van der Waals surface area contributed by atoms with Crippen LogP contribution >= 0.6 is 0 Å². The smallest absolute Gasteiger partial charge is 0.344 e. The largest absolute Gasteiger partial charge is 0.482 e. The van der Waals surface area contributed by atoms with Crippen molar-refractivity contribution in [3.63, 3.8) is 0 Å². The number of benzene rings is 1. The normalized spacial score (nSPS) is 11.7. The second-order valence-corrected chi connectivity index (χ2v) is 5.77. The number of hydrogen-bond donors (Lipinski definition) is 0. The predicted octanol–water partition coefficient (Wildman–Crippen LogP) is 2.28. The van der Waals surface area contributed by atoms with Gasteiger partial charge in [-0.1, -0.05) is 12.1 Å². The molecule has 6 nitrogen and oxygen atoms in total. The van der Waals surface area contributed by atoms with E-state index < -0.39 is 5.97 Å². The molecule has 2 aromatic rings. The highest BCUT2D eigenvalue weighted by atomic mass is 16.6. The molecule has 0 amide bonds. The lowest BCUT2D eigenvalue weighted by Gasteiger charge is -2.20. The molecular weight excluding hydrogens is 345 g/mol. The zero-order valence-corrected chi connectivity index (χ0v) is 15.9. The summed E-state index contributed by atoms with van der Waals surface area (Å²) in [5, 5.41) is 0. The molecule has 0 saturated carbocycles. The Morgan fingerprint density at radius 3 is 2.67 bits per heavy atom. The van der Waals surface area contributed by atoms with Crippen LogP contribution < -0.4 is 15.1 Å². The Morgan fingerprint density at radius 2 is 2.00 bits per heavy atom. The molecule has 1 heterocycles. The summed E-state index contributed by atoms with van der Waals surface area (Å²) in [4.78, 5) is 15.7. The van der Waals surface area contributed by atoms with E-state index in [1.54, 1.807) is 25.1 Å². The van der Waals surface area contributed by atoms with Gasteiger partial charge in [0.1, 0.15) is 19.3 Å². The summed E-state index contributed by atoms with van der Waals surface area (Å²) in [5.74, 6) is 0.838. The number of aromatic nitrogens is 1. The summed E-state index contributed by atoms with van der Waals surface area (Å²) in [6.45, 7) is 6.67. The van der Waals surface area contributed by atoms with Crippen LogP contribution in [-0.2, 0) is 14.3 Å². The van der Waals surface area contributed by atoms with Crippen LogP contribution in [0, 0.1) is 6.92 Å². The molecule has 0 aliphatic carbocycles. The van der Waals surface area contributed by atoms with E-state index in [1.807, 2.05) is 32.0 Å². The van der Waals surface area contributed by atoms with Gasteiger partial charge < -0.3 is 18.9 Å². The molecule has 1 atom stereocenters. The van der Waals surface area contributed by atoms with E-state index in [4.69, 9.17) is 26.8 Å². The van der Waals surface area contributed by atoms with Gasteiger partial charge in [0.25, 0.3) is 0 Å². The van der Waals surface area contributed by atoms with E-state index in [9.17, 15) is 4.79 Å². The molecule has 0 N–H and O–H groups in total. The molecule has 142 valence electrons. The maximum atomic E-state index is 11.4. The number of carbonyl (C=O) groups is 1. The van der Waals surface area contributed by atoms with Gasteiger partial charge in [-0.15, -0.1) is 0 Å². The molecule has 0 spiro atoms. The summed E-state index contributed by atoms with van der Waals surface area (Å²) < 4.78 is 21.9. The van der Waals surface area contributed by atoms with Crippen LogP contribution in [0.3, 0.4) is 0 Å². The molecule has 1 aromatic carbocycles. The fourth-order valence-electron chi connectivity index (χ4n) is 2.41. The van der Waals surface area contributed by atoms with Gasteiger partial charge in [-0.2, -0.15) is 0 Å². The summed E-state index contributed by atoms with van der Waals surface area (Å²) in [7, 11) is 5.78. The zero-order valence-electron chi connectivity index (χ0n) is 15.9. The average Bonchev–Trinajstić information content (AvgIpc) is 2.64. The van der Waals surface area contributed by atoms with Gasteiger partial charge in [0.2, 0.25) is 0 Å². The molecule has 27 heavy (non-hydrogen) atoms. The van der Waals surface area contributed by atoms with Gasteiger partial charge >= 0.3 is 5.97 Å². The Bertz CT molecular complexity index is 753. The number of aryl methyl sites for hydroxylation is 1. The monoisotopic (exact) mass is 369 g/mol. The number of ether oxygens (including phenoxy) is 4. The minimum Gasteiger partial charge on any atom is -0.482 e. The maximum absolute atomic E-state index is 11.4. The average molecular weight is 369 g/mol. The molecule has 0 unspecified atom stereocenters. The number of carbonyl (C=O) groups excluding carboxylic acids is 1. The van der Waals surface area contributed by atoms with Crippen molar-refractivity contribution in [3.8, 4) is 11.5 Å². The van der Waals surface area contributed by atoms with E-state index in [0.29, 0.717) is 42.6 Å². The molecule has 7 heteroatoms. The van der Waals surface area contributed by atoms with Gasteiger partial charge in [0, 0.05) is 6.61 Å². The molecule has 2 radical (unpaired) electrons. The Morgan fingerprint density at radius 1 is 1.19 bits per heavy atom. The zero-order chi connectivity index (χ0) is 19.6. The summed E-state index contributed by atoms with van der Waals surface area (Å²) in [6.07, 6.45) is -0.390. The van der Waals surface area contributed by atoms with Crippen LogP contribution in [0.15, 0.2) is 36.4 Å². The van der Waals surface area contributed by atoms with Crippen LogP contribution in [0.4, 0.5) is 0 Å². The predicted molar refractivity (Wildman–Crippen MR) is 103 cm³/mol. The lowest BCUT2D eigenvalue weighted by atomic mass is 10.0. The van der Waals surface area contributed by atoms with Crippen molar-refractivity contribution in [1.82, 2.24) is 4.98 Å². The van der Waals surface area contributed by atoms with E-state index in [2.05, 4.69) is 4.98 Å². The lowest BCUT2D eigenvalue weighted by molar-refractivity contribution is -0.145. The number of pyridine rings is 1. The number of esters is 1. The summed E-state index contributed by atoms with van der Waals surface area (Å²) in [6, 6.07) is 10.8. The highest BCUT2D eigenvalue weighted by Gasteiger charge is 2.16. The standard InChI is InChI=1S/C20H24BNO5/c1-4-24-12-18(16-7-6-8-19(21)22-16)27-15-9-10-17(14(3)11-15)26-13-20(23)25-5-2/h6-11,18H,4-5,12-13H2,1-3H3/t18-/m0/s1. The molecule has 0 aliphatic heterocycles. The van der Waals surface area contributed by atoms with Crippen molar-refractivity contribution >= 4 is 19.4 Å². The van der Waals surface area contributed by atoms with Gasteiger partial charge in [0.15, 0.2) is 12.7 Å². The molecule has 2 rings (SSSR count). The first kappa shape index (κ1) is 20.8. The van der Waals surface area contributed by atoms with E-state index in [-0.39, 0.29) is 12.7 Å². The van der Waals surface area contributed by atoms with E-state index >= 15 is 0 Å². The molecule has 0 aliphatic rings. The third-order valence-electron chi connectivity index (χ3n) is 3.67. The third-order valence-corrected chi connectivity index (χ3v) is 3.67. The van der Waals surface area contributed by atoms with Gasteiger partial charge in [0.05, 0.1) is 18.9 Å². The van der Waals surface area contributed by atoms with Crippen LogP contribution in [0.1, 0.15) is 31.2 Å². The summed E-state index contributed by atoms with van der Waals surface area (Å²) in [5.41, 5.74) is 1.97. The van der Waals surface area contributed by atoms with Crippen molar-refractivity contribution in [2.45, 2.75) is 26.9 Å². The van der Waals surface area contributed by atoms with E-state index in [0.717, 1.165) is 5.56 Å². The van der Waals surface area contributed by atoms with Crippen molar-refractivity contribution in [1.29, 1.82) is 0 Å². The van der Waals surface area contributed by atoms with Gasteiger partial charge in [-0.05, 0) is 56.2 Å².